The summed E-state index contributed by atoms with van der Waals surface area (Å²) in [7, 11) is 0. The van der Waals surface area contributed by atoms with Crippen molar-refractivity contribution in [1.29, 1.82) is 0 Å². The molecule has 2 aromatic carbocycles. The van der Waals surface area contributed by atoms with Gasteiger partial charge in [-0.3, -0.25) is 9.59 Å². The maximum atomic E-state index is 12.7. The number of rotatable bonds is 8. The third-order valence-electron chi connectivity index (χ3n) is 4.33. The molecule has 6 nitrogen and oxygen atoms in total. The van der Waals surface area contributed by atoms with Crippen molar-refractivity contribution in [2.45, 2.75) is 19.9 Å². The molecule has 0 bridgehead atoms. The number of hydrogen-bond acceptors (Lipinski definition) is 4. The lowest BCUT2D eigenvalue weighted by Gasteiger charge is -2.08. The first-order valence-electron chi connectivity index (χ1n) is 9.67. The first-order chi connectivity index (χ1) is 15.0. The largest absolute Gasteiger partial charge is 0.492 e. The molecule has 0 aliphatic rings. The third kappa shape index (κ3) is 6.20. The van der Waals surface area contributed by atoms with Gasteiger partial charge in [-0.15, -0.1) is 0 Å². The number of nitrogens with one attached hydrogen (secondary N) is 1. The molecule has 3 rings (SSSR count). The number of pyridine rings is 1. The van der Waals surface area contributed by atoms with Crippen LogP contribution in [0.4, 0.5) is 0 Å². The molecule has 1 amide bonds. The number of benzene rings is 2. The summed E-state index contributed by atoms with van der Waals surface area (Å²) in [5.41, 5.74) is 3.54. The number of amides is 1. The second kappa shape index (κ2) is 10.8. The van der Waals surface area contributed by atoms with Crippen LogP contribution in [0.3, 0.4) is 0 Å². The van der Waals surface area contributed by atoms with Crippen LogP contribution in [-0.2, 0) is 6.54 Å². The monoisotopic (exact) mass is 457 g/mol. The molecule has 0 fully saturated rings. The molecule has 8 heteroatoms. The molecule has 0 saturated heterocycles. The van der Waals surface area contributed by atoms with E-state index >= 15 is 0 Å². The van der Waals surface area contributed by atoms with Gasteiger partial charge in [0.1, 0.15) is 11.3 Å². The van der Waals surface area contributed by atoms with Crippen molar-refractivity contribution in [2.75, 3.05) is 6.61 Å². The maximum Gasteiger partial charge on any atom is 0.276 e. The Hall–Kier alpha value is -3.09. The van der Waals surface area contributed by atoms with E-state index in [2.05, 4.69) is 10.5 Å². The molecule has 1 heterocycles. The van der Waals surface area contributed by atoms with E-state index in [4.69, 9.17) is 27.9 Å². The van der Waals surface area contributed by atoms with E-state index in [1.807, 2.05) is 19.1 Å². The predicted octanol–water partition coefficient (Wildman–Crippen LogP) is 4.76. The van der Waals surface area contributed by atoms with Gasteiger partial charge in [0.15, 0.2) is 0 Å². The average molecular weight is 458 g/mol. The number of ether oxygens (including phenoxy) is 1. The van der Waals surface area contributed by atoms with Gasteiger partial charge in [-0.25, -0.2) is 5.43 Å². The number of nitrogens with zero attached hydrogens (tertiary/aromatic N) is 2. The minimum absolute atomic E-state index is 0.00467. The maximum absolute atomic E-state index is 12.7. The summed E-state index contributed by atoms with van der Waals surface area (Å²) >= 11 is 12.1. The minimum Gasteiger partial charge on any atom is -0.492 e. The predicted molar refractivity (Wildman–Crippen MR) is 124 cm³/mol. The smallest absolute Gasteiger partial charge is 0.276 e. The summed E-state index contributed by atoms with van der Waals surface area (Å²) in [4.78, 5) is 25.1. The fraction of sp³-hybridized carbons (Fsp3) is 0.174. The van der Waals surface area contributed by atoms with Crippen LogP contribution in [0.5, 0.6) is 5.75 Å². The molecule has 160 valence electrons. The van der Waals surface area contributed by atoms with Crippen molar-refractivity contribution in [2.24, 2.45) is 5.10 Å². The molecule has 0 aliphatic carbocycles. The van der Waals surface area contributed by atoms with Crippen LogP contribution in [-0.4, -0.2) is 23.3 Å². The third-order valence-corrected chi connectivity index (χ3v) is 4.88. The van der Waals surface area contributed by atoms with E-state index in [0.29, 0.717) is 34.5 Å². The SMILES string of the molecule is CCCOc1ccc(/C=N\NC(=O)c2cccn(Cc3ccc(Cl)cc3)c2=O)cc1Cl. The summed E-state index contributed by atoms with van der Waals surface area (Å²) in [6.07, 6.45) is 3.95. The number of hydrazone groups is 1. The standard InChI is InChI=1S/C23H21Cl2N3O3/c1-2-12-31-21-10-7-17(13-20(21)25)14-26-27-22(29)19-4-3-11-28(23(19)30)15-16-5-8-18(24)9-6-16/h3-11,13-14H,2,12,15H2,1H3,(H,27,29)/b26-14-. The summed E-state index contributed by atoms with van der Waals surface area (Å²) in [6.45, 7) is 2.91. The molecular weight excluding hydrogens is 437 g/mol. The lowest BCUT2D eigenvalue weighted by atomic mass is 10.2. The topological polar surface area (TPSA) is 72.7 Å². The number of carbonyl (C=O) groups is 1. The average Bonchev–Trinajstić information content (AvgIpc) is 2.76. The zero-order valence-electron chi connectivity index (χ0n) is 16.8. The van der Waals surface area contributed by atoms with Crippen LogP contribution in [0.2, 0.25) is 10.0 Å². The van der Waals surface area contributed by atoms with Crippen LogP contribution in [0.1, 0.15) is 34.8 Å². The second-order valence-electron chi connectivity index (χ2n) is 6.72. The summed E-state index contributed by atoms with van der Waals surface area (Å²) in [6, 6.07) is 15.5. The Kier molecular flexibility index (Phi) is 7.87. The zero-order valence-corrected chi connectivity index (χ0v) is 18.4. The molecule has 0 atom stereocenters. The van der Waals surface area contributed by atoms with Crippen LogP contribution in [0.25, 0.3) is 0 Å². The Bertz CT molecular complexity index is 1140. The van der Waals surface area contributed by atoms with Crippen LogP contribution >= 0.6 is 23.2 Å². The first-order valence-corrected chi connectivity index (χ1v) is 10.4. The van der Waals surface area contributed by atoms with Crippen molar-refractivity contribution in [3.63, 3.8) is 0 Å². The van der Waals surface area contributed by atoms with E-state index in [-0.39, 0.29) is 5.56 Å². The molecule has 3 aromatic rings. The van der Waals surface area contributed by atoms with E-state index < -0.39 is 11.5 Å². The van der Waals surface area contributed by atoms with E-state index in [9.17, 15) is 9.59 Å². The Labute approximate surface area is 190 Å². The lowest BCUT2D eigenvalue weighted by molar-refractivity contribution is 0.0953. The van der Waals surface area contributed by atoms with Crippen LogP contribution in [0, 0.1) is 0 Å². The normalized spacial score (nSPS) is 10.9. The van der Waals surface area contributed by atoms with Gasteiger partial charge >= 0.3 is 0 Å². The molecule has 0 aliphatic heterocycles. The van der Waals surface area contributed by atoms with Gasteiger partial charge in [-0.1, -0.05) is 42.3 Å². The molecule has 1 aromatic heterocycles. The second-order valence-corrected chi connectivity index (χ2v) is 7.56. The van der Waals surface area contributed by atoms with Crippen LogP contribution < -0.4 is 15.7 Å². The Balaban J connectivity index is 1.67. The molecule has 0 spiro atoms. The molecule has 1 N–H and O–H groups in total. The first kappa shape index (κ1) is 22.6. The number of carbonyl (C=O) groups excluding carboxylic acids is 1. The highest BCUT2D eigenvalue weighted by molar-refractivity contribution is 6.32. The van der Waals surface area contributed by atoms with E-state index in [1.54, 1.807) is 42.6 Å². The van der Waals surface area contributed by atoms with Gasteiger partial charge in [-0.05, 0) is 60.0 Å². The van der Waals surface area contributed by atoms with Gasteiger partial charge in [0.2, 0.25) is 0 Å². The van der Waals surface area contributed by atoms with E-state index in [1.165, 1.54) is 16.8 Å². The van der Waals surface area contributed by atoms with Crippen molar-refractivity contribution in [3.8, 4) is 5.75 Å². The summed E-state index contributed by atoms with van der Waals surface area (Å²) in [5, 5.41) is 5.00. The highest BCUT2D eigenvalue weighted by Crippen LogP contribution is 2.25. The fourth-order valence-electron chi connectivity index (χ4n) is 2.77. The minimum atomic E-state index is -0.597. The number of hydrogen-bond donors (Lipinski definition) is 1. The molecule has 0 radical (unpaired) electrons. The fourth-order valence-corrected chi connectivity index (χ4v) is 3.14. The van der Waals surface area contributed by atoms with Crippen molar-refractivity contribution in [3.05, 3.63) is 97.9 Å². The Morgan fingerprint density at radius 3 is 2.65 bits per heavy atom. The van der Waals surface area contributed by atoms with Gasteiger partial charge in [0, 0.05) is 11.2 Å². The van der Waals surface area contributed by atoms with Crippen molar-refractivity contribution in [1.82, 2.24) is 9.99 Å². The van der Waals surface area contributed by atoms with Crippen molar-refractivity contribution < 1.29 is 9.53 Å². The van der Waals surface area contributed by atoms with Gasteiger partial charge in [-0.2, -0.15) is 5.10 Å². The molecule has 31 heavy (non-hydrogen) atoms. The Morgan fingerprint density at radius 2 is 1.94 bits per heavy atom. The van der Waals surface area contributed by atoms with Gasteiger partial charge in [0.05, 0.1) is 24.4 Å². The quantitative estimate of drug-likeness (QED) is 0.391. The highest BCUT2D eigenvalue weighted by Gasteiger charge is 2.12. The molecule has 0 saturated carbocycles. The Morgan fingerprint density at radius 1 is 1.16 bits per heavy atom. The van der Waals surface area contributed by atoms with Crippen LogP contribution in [0.15, 0.2) is 70.7 Å². The summed E-state index contributed by atoms with van der Waals surface area (Å²) < 4.78 is 6.98. The lowest BCUT2D eigenvalue weighted by Crippen LogP contribution is -2.30. The number of halogens is 2. The van der Waals surface area contributed by atoms with Crippen molar-refractivity contribution >= 4 is 35.3 Å². The molecule has 0 unspecified atom stereocenters. The molecular formula is C23H21Cl2N3O3. The zero-order chi connectivity index (χ0) is 22.2. The van der Waals surface area contributed by atoms with Gasteiger partial charge in [0.25, 0.3) is 11.5 Å². The number of aromatic nitrogens is 1. The van der Waals surface area contributed by atoms with E-state index in [0.717, 1.165) is 12.0 Å². The summed E-state index contributed by atoms with van der Waals surface area (Å²) in [5.74, 6) is -0.00377. The van der Waals surface area contributed by atoms with Gasteiger partial charge < -0.3 is 9.30 Å². The highest BCUT2D eigenvalue weighted by atomic mass is 35.5.